The van der Waals surface area contributed by atoms with Gasteiger partial charge in [0.25, 0.3) is 0 Å². The van der Waals surface area contributed by atoms with Crippen molar-refractivity contribution in [1.82, 2.24) is 9.80 Å². The fraction of sp³-hybridized carbons (Fsp3) is 1.00. The van der Waals surface area contributed by atoms with Crippen LogP contribution in [0.1, 0.15) is 13.8 Å². The van der Waals surface area contributed by atoms with Gasteiger partial charge >= 0.3 is 0 Å². The number of likely N-dealkylation sites (N-methyl/N-ethyl adjacent to an activating group) is 2. The van der Waals surface area contributed by atoms with Crippen molar-refractivity contribution in [3.05, 3.63) is 0 Å². The first kappa shape index (κ1) is 9.96. The van der Waals surface area contributed by atoms with Crippen molar-refractivity contribution >= 4 is 0 Å². The highest BCUT2D eigenvalue weighted by molar-refractivity contribution is 4.89. The van der Waals surface area contributed by atoms with E-state index in [0.717, 1.165) is 13.2 Å². The Bertz CT molecular complexity index is 157. The SMILES string of the molecule is CN(C)C1OCCN(C)C1(C)C. The molecule has 1 unspecified atom stereocenters. The third kappa shape index (κ3) is 1.63. The Morgan fingerprint density at radius 1 is 1.42 bits per heavy atom. The minimum absolute atomic E-state index is 0.113. The second kappa shape index (κ2) is 3.32. The molecule has 0 amide bonds. The maximum Gasteiger partial charge on any atom is 0.128 e. The summed E-state index contributed by atoms with van der Waals surface area (Å²) in [7, 11) is 6.27. The van der Waals surface area contributed by atoms with Gasteiger partial charge in [-0.1, -0.05) is 0 Å². The van der Waals surface area contributed by atoms with Gasteiger partial charge in [0.05, 0.1) is 12.1 Å². The molecule has 0 N–H and O–H groups in total. The van der Waals surface area contributed by atoms with E-state index in [1.807, 2.05) is 0 Å². The van der Waals surface area contributed by atoms with Crippen LogP contribution in [0.25, 0.3) is 0 Å². The molecule has 0 aromatic carbocycles. The van der Waals surface area contributed by atoms with Crippen LogP contribution in [0.4, 0.5) is 0 Å². The van der Waals surface area contributed by atoms with Gasteiger partial charge in [-0.3, -0.25) is 9.80 Å². The van der Waals surface area contributed by atoms with Gasteiger partial charge in [0.1, 0.15) is 6.23 Å². The van der Waals surface area contributed by atoms with Crippen molar-refractivity contribution in [2.24, 2.45) is 0 Å². The van der Waals surface area contributed by atoms with Gasteiger partial charge in [-0.2, -0.15) is 0 Å². The van der Waals surface area contributed by atoms with Gasteiger partial charge in [0, 0.05) is 6.54 Å². The van der Waals surface area contributed by atoms with E-state index in [1.54, 1.807) is 0 Å². The minimum Gasteiger partial charge on any atom is -0.360 e. The van der Waals surface area contributed by atoms with E-state index in [2.05, 4.69) is 44.8 Å². The highest BCUT2D eigenvalue weighted by Gasteiger charge is 2.38. The Labute approximate surface area is 75.3 Å². The molecule has 1 saturated heterocycles. The molecule has 1 heterocycles. The maximum atomic E-state index is 5.71. The topological polar surface area (TPSA) is 15.7 Å². The third-order valence-electron chi connectivity index (χ3n) is 2.76. The van der Waals surface area contributed by atoms with Crippen LogP contribution in [0.5, 0.6) is 0 Å². The van der Waals surface area contributed by atoms with Crippen LogP contribution in [0.2, 0.25) is 0 Å². The van der Waals surface area contributed by atoms with Crippen LogP contribution in [-0.4, -0.2) is 55.9 Å². The molecule has 1 aliphatic rings. The maximum absolute atomic E-state index is 5.71. The molecule has 1 atom stereocenters. The molecular formula is C9H20N2O. The first-order chi connectivity index (χ1) is 5.46. The Morgan fingerprint density at radius 3 is 2.42 bits per heavy atom. The average molecular weight is 172 g/mol. The average Bonchev–Trinajstić information content (AvgIpc) is 1.94. The van der Waals surface area contributed by atoms with Crippen LogP contribution in [0.15, 0.2) is 0 Å². The van der Waals surface area contributed by atoms with E-state index in [1.165, 1.54) is 0 Å². The van der Waals surface area contributed by atoms with E-state index < -0.39 is 0 Å². The van der Waals surface area contributed by atoms with Crippen LogP contribution in [0.3, 0.4) is 0 Å². The molecule has 0 aromatic rings. The predicted octanol–water partition coefficient (Wildman–Crippen LogP) is 0.615. The Hall–Kier alpha value is -0.120. The minimum atomic E-state index is 0.113. The molecule has 1 aliphatic heterocycles. The summed E-state index contributed by atoms with van der Waals surface area (Å²) >= 11 is 0. The van der Waals surface area contributed by atoms with Gasteiger partial charge in [0.15, 0.2) is 0 Å². The number of nitrogens with zero attached hydrogens (tertiary/aromatic N) is 2. The summed E-state index contributed by atoms with van der Waals surface area (Å²) in [6.45, 7) is 6.30. The molecule has 0 bridgehead atoms. The van der Waals surface area contributed by atoms with E-state index in [0.29, 0.717) is 0 Å². The van der Waals surface area contributed by atoms with Gasteiger partial charge < -0.3 is 4.74 Å². The van der Waals surface area contributed by atoms with Gasteiger partial charge in [-0.15, -0.1) is 0 Å². The molecule has 0 radical (unpaired) electrons. The predicted molar refractivity (Wildman–Crippen MR) is 50.1 cm³/mol. The number of ether oxygens (including phenoxy) is 1. The van der Waals surface area contributed by atoms with Crippen LogP contribution < -0.4 is 0 Å². The summed E-state index contributed by atoms with van der Waals surface area (Å²) in [6.07, 6.45) is 0.205. The molecule has 3 heteroatoms. The lowest BCUT2D eigenvalue weighted by Crippen LogP contribution is -2.61. The molecule has 1 fully saturated rings. The molecule has 0 spiro atoms. The van der Waals surface area contributed by atoms with Crippen LogP contribution in [-0.2, 0) is 4.74 Å². The second-order valence-corrected chi connectivity index (χ2v) is 4.26. The van der Waals surface area contributed by atoms with Gasteiger partial charge in [0.2, 0.25) is 0 Å². The van der Waals surface area contributed by atoms with E-state index in [9.17, 15) is 0 Å². The summed E-state index contributed by atoms with van der Waals surface area (Å²) in [5.41, 5.74) is 0.113. The summed E-state index contributed by atoms with van der Waals surface area (Å²) in [5, 5.41) is 0. The quantitative estimate of drug-likeness (QED) is 0.576. The van der Waals surface area contributed by atoms with Gasteiger partial charge in [-0.05, 0) is 35.0 Å². The van der Waals surface area contributed by atoms with E-state index >= 15 is 0 Å². The Kier molecular flexibility index (Phi) is 2.76. The van der Waals surface area contributed by atoms with Crippen molar-refractivity contribution in [2.45, 2.75) is 25.6 Å². The molecule has 72 valence electrons. The molecule has 1 rings (SSSR count). The highest BCUT2D eigenvalue weighted by atomic mass is 16.5. The Morgan fingerprint density at radius 2 is 2.00 bits per heavy atom. The molecule has 0 aromatic heterocycles. The Balaban J connectivity index is 2.72. The van der Waals surface area contributed by atoms with E-state index in [-0.39, 0.29) is 11.8 Å². The molecule has 0 aliphatic carbocycles. The molecule has 12 heavy (non-hydrogen) atoms. The monoisotopic (exact) mass is 172 g/mol. The number of rotatable bonds is 1. The second-order valence-electron chi connectivity index (χ2n) is 4.26. The van der Waals surface area contributed by atoms with Gasteiger partial charge in [-0.25, -0.2) is 0 Å². The number of hydrogen-bond acceptors (Lipinski definition) is 3. The largest absolute Gasteiger partial charge is 0.360 e. The lowest BCUT2D eigenvalue weighted by atomic mass is 9.99. The van der Waals surface area contributed by atoms with Crippen molar-refractivity contribution in [3.8, 4) is 0 Å². The summed E-state index contributed by atoms with van der Waals surface area (Å²) in [6, 6.07) is 0. The lowest BCUT2D eigenvalue weighted by molar-refractivity contribution is -0.160. The van der Waals surface area contributed by atoms with Crippen molar-refractivity contribution < 1.29 is 4.74 Å². The standard InChI is InChI=1S/C9H20N2O/c1-9(2)8(10(3)4)12-7-6-11(9)5/h8H,6-7H2,1-5H3. The number of hydrogen-bond donors (Lipinski definition) is 0. The fourth-order valence-electron chi connectivity index (χ4n) is 1.76. The smallest absolute Gasteiger partial charge is 0.128 e. The zero-order valence-corrected chi connectivity index (χ0v) is 8.79. The first-order valence-electron chi connectivity index (χ1n) is 4.45. The lowest BCUT2D eigenvalue weighted by Gasteiger charge is -2.48. The fourth-order valence-corrected chi connectivity index (χ4v) is 1.76. The summed E-state index contributed by atoms with van der Waals surface area (Å²) in [5.74, 6) is 0. The van der Waals surface area contributed by atoms with E-state index in [4.69, 9.17) is 4.74 Å². The zero-order valence-electron chi connectivity index (χ0n) is 8.79. The number of morpholine rings is 1. The van der Waals surface area contributed by atoms with Crippen molar-refractivity contribution in [1.29, 1.82) is 0 Å². The highest BCUT2D eigenvalue weighted by Crippen LogP contribution is 2.24. The van der Waals surface area contributed by atoms with Crippen LogP contribution in [0, 0.1) is 0 Å². The van der Waals surface area contributed by atoms with Crippen molar-refractivity contribution in [3.63, 3.8) is 0 Å². The van der Waals surface area contributed by atoms with Crippen molar-refractivity contribution in [2.75, 3.05) is 34.3 Å². The zero-order chi connectivity index (χ0) is 9.35. The molecule has 3 nitrogen and oxygen atoms in total. The molecule has 0 saturated carbocycles. The van der Waals surface area contributed by atoms with Crippen LogP contribution >= 0.6 is 0 Å². The first-order valence-corrected chi connectivity index (χ1v) is 4.45. The third-order valence-corrected chi connectivity index (χ3v) is 2.76. The molecular weight excluding hydrogens is 152 g/mol. The normalized spacial score (nSPS) is 31.0. The summed E-state index contributed by atoms with van der Waals surface area (Å²) in [4.78, 5) is 4.48. The summed E-state index contributed by atoms with van der Waals surface area (Å²) < 4.78 is 5.71.